The molecular weight excluding hydrogens is 443 g/mol. The average molecular weight is 471 g/mol. The number of hydrogen-bond acceptors (Lipinski definition) is 7. The Morgan fingerprint density at radius 1 is 1.18 bits per heavy atom. The summed E-state index contributed by atoms with van der Waals surface area (Å²) in [6.07, 6.45) is 7.98. The molecule has 1 aliphatic heterocycles. The summed E-state index contributed by atoms with van der Waals surface area (Å²) in [7, 11) is -3.27. The van der Waals surface area contributed by atoms with Gasteiger partial charge in [-0.25, -0.2) is 27.5 Å². The first kappa shape index (κ1) is 23.2. The zero-order chi connectivity index (χ0) is 23.4. The first-order valence-electron chi connectivity index (χ1n) is 10.8. The molecule has 2 aromatic heterocycles. The van der Waals surface area contributed by atoms with E-state index < -0.39 is 10.0 Å². The van der Waals surface area contributed by atoms with E-state index in [1.165, 1.54) is 18.4 Å². The molecule has 0 aliphatic carbocycles. The molecule has 0 radical (unpaired) electrons. The standard InChI is InChI=1S/C23H27FN6O2S/c1-16(17-3-5-18(24)6-4-17)11-22-27-20(12-21-14-25-8-9-26-21)13-23(28-22)30-10-7-19(15-30)29-33(2,31)32/h3-6,8-9,13-14,16,19,29H,7,10-12,15H2,1-2H3/t16-,19?/m1/s1. The number of rotatable bonds is 8. The minimum Gasteiger partial charge on any atom is -0.355 e. The van der Waals surface area contributed by atoms with Crippen molar-refractivity contribution in [3.63, 3.8) is 0 Å². The van der Waals surface area contributed by atoms with E-state index in [-0.39, 0.29) is 17.8 Å². The van der Waals surface area contributed by atoms with Crippen LogP contribution in [0.1, 0.15) is 42.0 Å². The lowest BCUT2D eigenvalue weighted by Gasteiger charge is -2.20. The van der Waals surface area contributed by atoms with Gasteiger partial charge in [-0.05, 0) is 30.0 Å². The van der Waals surface area contributed by atoms with Crippen LogP contribution in [-0.4, -0.2) is 53.7 Å². The summed E-state index contributed by atoms with van der Waals surface area (Å²) in [6.45, 7) is 3.30. The van der Waals surface area contributed by atoms with Crippen molar-refractivity contribution in [1.82, 2.24) is 24.7 Å². The van der Waals surface area contributed by atoms with E-state index in [2.05, 4.69) is 26.5 Å². The van der Waals surface area contributed by atoms with Crippen LogP contribution in [0.4, 0.5) is 10.2 Å². The van der Waals surface area contributed by atoms with Crippen LogP contribution >= 0.6 is 0 Å². The Morgan fingerprint density at radius 2 is 1.97 bits per heavy atom. The Balaban J connectivity index is 1.58. The lowest BCUT2D eigenvalue weighted by Crippen LogP contribution is -2.36. The molecule has 10 heteroatoms. The van der Waals surface area contributed by atoms with E-state index in [4.69, 9.17) is 9.97 Å². The molecule has 1 aromatic carbocycles. The van der Waals surface area contributed by atoms with E-state index >= 15 is 0 Å². The van der Waals surface area contributed by atoms with Gasteiger partial charge >= 0.3 is 0 Å². The van der Waals surface area contributed by atoms with Gasteiger partial charge in [-0.15, -0.1) is 0 Å². The number of nitrogens with zero attached hydrogens (tertiary/aromatic N) is 5. The molecule has 3 aromatic rings. The second kappa shape index (κ2) is 9.88. The largest absolute Gasteiger partial charge is 0.355 e. The van der Waals surface area contributed by atoms with Crippen molar-refractivity contribution in [3.05, 3.63) is 77.5 Å². The Bertz CT molecular complexity index is 1190. The normalized spacial score (nSPS) is 17.3. The summed E-state index contributed by atoms with van der Waals surface area (Å²) in [4.78, 5) is 20.1. The van der Waals surface area contributed by atoms with Crippen molar-refractivity contribution >= 4 is 15.8 Å². The molecule has 1 fully saturated rings. The number of benzene rings is 1. The third-order valence-corrected chi connectivity index (χ3v) is 6.37. The third-order valence-electron chi connectivity index (χ3n) is 5.61. The number of nitrogens with one attached hydrogen (secondary N) is 1. The van der Waals surface area contributed by atoms with Crippen molar-refractivity contribution < 1.29 is 12.8 Å². The molecule has 0 spiro atoms. The summed E-state index contributed by atoms with van der Waals surface area (Å²) >= 11 is 0. The van der Waals surface area contributed by atoms with Crippen LogP contribution in [0.15, 0.2) is 48.9 Å². The fourth-order valence-electron chi connectivity index (χ4n) is 4.04. The Labute approximate surface area is 193 Å². The van der Waals surface area contributed by atoms with Crippen LogP contribution in [-0.2, 0) is 22.9 Å². The lowest BCUT2D eigenvalue weighted by atomic mass is 9.97. The summed E-state index contributed by atoms with van der Waals surface area (Å²) < 4.78 is 39.3. The number of aromatic nitrogens is 4. The van der Waals surface area contributed by atoms with Crippen molar-refractivity contribution in [1.29, 1.82) is 0 Å². The van der Waals surface area contributed by atoms with E-state index in [1.54, 1.807) is 30.7 Å². The number of anilines is 1. The Kier molecular flexibility index (Phi) is 6.94. The smallest absolute Gasteiger partial charge is 0.209 e. The van der Waals surface area contributed by atoms with E-state index in [0.29, 0.717) is 38.2 Å². The molecule has 0 saturated carbocycles. The maximum absolute atomic E-state index is 13.3. The van der Waals surface area contributed by atoms with Gasteiger partial charge in [0, 0.05) is 56.6 Å². The van der Waals surface area contributed by atoms with E-state index in [0.717, 1.165) is 22.8 Å². The molecule has 4 rings (SSSR count). The Hall–Kier alpha value is -2.98. The van der Waals surface area contributed by atoms with Crippen molar-refractivity contribution in [2.45, 2.75) is 38.1 Å². The molecule has 8 nitrogen and oxygen atoms in total. The third kappa shape index (κ3) is 6.52. The first-order valence-corrected chi connectivity index (χ1v) is 12.7. The van der Waals surface area contributed by atoms with Gasteiger partial charge in [-0.2, -0.15) is 0 Å². The van der Waals surface area contributed by atoms with Crippen LogP contribution in [0.25, 0.3) is 0 Å². The zero-order valence-electron chi connectivity index (χ0n) is 18.6. The molecule has 0 amide bonds. The summed E-state index contributed by atoms with van der Waals surface area (Å²) in [5.41, 5.74) is 2.64. The van der Waals surface area contributed by atoms with E-state index in [9.17, 15) is 12.8 Å². The fourth-order valence-corrected chi connectivity index (χ4v) is 4.84. The Morgan fingerprint density at radius 3 is 2.67 bits per heavy atom. The molecule has 1 aliphatic rings. The first-order chi connectivity index (χ1) is 15.7. The average Bonchev–Trinajstić information content (AvgIpc) is 3.21. The predicted molar refractivity (Wildman–Crippen MR) is 124 cm³/mol. The van der Waals surface area contributed by atoms with Crippen molar-refractivity contribution in [2.75, 3.05) is 24.2 Å². The molecule has 1 N–H and O–H groups in total. The van der Waals surface area contributed by atoms with Gasteiger partial charge in [0.2, 0.25) is 10.0 Å². The van der Waals surface area contributed by atoms with Gasteiger partial charge in [-0.3, -0.25) is 9.97 Å². The molecule has 33 heavy (non-hydrogen) atoms. The molecule has 1 saturated heterocycles. The minimum absolute atomic E-state index is 0.100. The summed E-state index contributed by atoms with van der Waals surface area (Å²) in [5.74, 6) is 1.29. The van der Waals surface area contributed by atoms with Gasteiger partial charge in [0.25, 0.3) is 0 Å². The van der Waals surface area contributed by atoms with Crippen LogP contribution in [0.2, 0.25) is 0 Å². The SMILES string of the molecule is C[C@H](Cc1nc(Cc2cnccn2)cc(N2CCC(NS(C)(=O)=O)C2)n1)c1ccc(F)cc1. The summed E-state index contributed by atoms with van der Waals surface area (Å²) in [6, 6.07) is 8.27. The van der Waals surface area contributed by atoms with Crippen molar-refractivity contribution in [3.8, 4) is 0 Å². The maximum Gasteiger partial charge on any atom is 0.209 e. The van der Waals surface area contributed by atoms with Gasteiger partial charge in [0.15, 0.2) is 0 Å². The summed E-state index contributed by atoms with van der Waals surface area (Å²) in [5, 5.41) is 0. The van der Waals surface area contributed by atoms with Crippen molar-refractivity contribution in [2.24, 2.45) is 0 Å². The lowest BCUT2D eigenvalue weighted by molar-refractivity contribution is 0.567. The van der Waals surface area contributed by atoms with Crippen LogP contribution < -0.4 is 9.62 Å². The second-order valence-electron chi connectivity index (χ2n) is 8.49. The number of hydrogen-bond donors (Lipinski definition) is 1. The van der Waals surface area contributed by atoms with Gasteiger partial charge in [0.1, 0.15) is 17.5 Å². The molecular formula is C23H27FN6O2S. The second-order valence-corrected chi connectivity index (χ2v) is 10.3. The van der Waals surface area contributed by atoms with Crippen LogP contribution in [0, 0.1) is 5.82 Å². The van der Waals surface area contributed by atoms with Gasteiger partial charge in [-0.1, -0.05) is 19.1 Å². The molecule has 1 unspecified atom stereocenters. The predicted octanol–water partition coefficient (Wildman–Crippen LogP) is 2.47. The highest BCUT2D eigenvalue weighted by molar-refractivity contribution is 7.88. The highest BCUT2D eigenvalue weighted by atomic mass is 32.2. The number of halogens is 1. The molecule has 3 heterocycles. The number of sulfonamides is 1. The minimum atomic E-state index is -3.27. The highest BCUT2D eigenvalue weighted by Gasteiger charge is 2.26. The molecule has 0 bridgehead atoms. The maximum atomic E-state index is 13.3. The molecule has 174 valence electrons. The van der Waals surface area contributed by atoms with Crippen LogP contribution in [0.3, 0.4) is 0 Å². The topological polar surface area (TPSA) is 101 Å². The van der Waals surface area contributed by atoms with Crippen LogP contribution in [0.5, 0.6) is 0 Å². The highest BCUT2D eigenvalue weighted by Crippen LogP contribution is 2.24. The molecule has 2 atom stereocenters. The fraction of sp³-hybridized carbons (Fsp3) is 0.391. The zero-order valence-corrected chi connectivity index (χ0v) is 19.5. The van der Waals surface area contributed by atoms with E-state index in [1.807, 2.05) is 6.07 Å². The van der Waals surface area contributed by atoms with Gasteiger partial charge in [0.05, 0.1) is 17.6 Å². The monoisotopic (exact) mass is 470 g/mol. The quantitative estimate of drug-likeness (QED) is 0.540. The van der Waals surface area contributed by atoms with Gasteiger partial charge < -0.3 is 4.90 Å².